The fourth-order valence-corrected chi connectivity index (χ4v) is 1.11. The molecule has 4 heteroatoms. The Morgan fingerprint density at radius 2 is 1.27 bits per heavy atom. The Balaban J connectivity index is 3.40. The third kappa shape index (κ3) is 10.1. The van der Waals surface area contributed by atoms with Crippen LogP contribution in [0.3, 0.4) is 0 Å². The Morgan fingerprint density at radius 1 is 0.867 bits per heavy atom. The monoisotopic (exact) mass is 218 g/mol. The predicted molar refractivity (Wildman–Crippen MR) is 62.8 cm³/mol. The van der Waals surface area contributed by atoms with Crippen LogP contribution in [0.25, 0.3) is 0 Å². The molecule has 0 aromatic carbocycles. The molecule has 0 unspecified atom stereocenters. The van der Waals surface area contributed by atoms with E-state index in [1.807, 2.05) is 0 Å². The molecule has 4 nitrogen and oxygen atoms in total. The fraction of sp³-hybridized carbons (Fsp3) is 1.00. The number of nitrogens with two attached hydrogens (primary N) is 2. The summed E-state index contributed by atoms with van der Waals surface area (Å²) in [7, 11) is 0. The SMILES string of the molecule is CC(C)(COCCCN)COCCCN. The molecule has 0 saturated heterocycles. The van der Waals surface area contributed by atoms with Gasteiger partial charge in [0.2, 0.25) is 0 Å². The van der Waals surface area contributed by atoms with Gasteiger partial charge in [0.05, 0.1) is 13.2 Å². The van der Waals surface area contributed by atoms with Crippen LogP contribution in [-0.4, -0.2) is 39.5 Å². The van der Waals surface area contributed by atoms with E-state index in [2.05, 4.69) is 13.8 Å². The second kappa shape index (κ2) is 9.09. The highest BCUT2D eigenvalue weighted by atomic mass is 16.5. The zero-order valence-electron chi connectivity index (χ0n) is 10.1. The first-order chi connectivity index (χ1) is 7.12. The molecule has 0 spiro atoms. The minimum Gasteiger partial charge on any atom is -0.381 e. The van der Waals surface area contributed by atoms with Crippen LogP contribution in [0.2, 0.25) is 0 Å². The maximum atomic E-state index is 5.51. The van der Waals surface area contributed by atoms with E-state index in [0.29, 0.717) is 13.1 Å². The van der Waals surface area contributed by atoms with E-state index in [1.165, 1.54) is 0 Å². The lowest BCUT2D eigenvalue weighted by molar-refractivity contribution is -0.00366. The summed E-state index contributed by atoms with van der Waals surface area (Å²) in [6.45, 7) is 8.56. The van der Waals surface area contributed by atoms with E-state index in [9.17, 15) is 0 Å². The van der Waals surface area contributed by atoms with Crippen molar-refractivity contribution in [1.82, 2.24) is 0 Å². The average Bonchev–Trinajstić information content (AvgIpc) is 2.20. The van der Waals surface area contributed by atoms with Crippen molar-refractivity contribution >= 4 is 0 Å². The highest BCUT2D eigenvalue weighted by molar-refractivity contribution is 4.66. The molecular formula is C11H26N2O2. The van der Waals surface area contributed by atoms with Gasteiger partial charge in [0.1, 0.15) is 0 Å². The molecule has 4 N–H and O–H groups in total. The summed E-state index contributed by atoms with van der Waals surface area (Å²) < 4.78 is 11.0. The second-order valence-electron chi connectivity index (χ2n) is 4.55. The van der Waals surface area contributed by atoms with Gasteiger partial charge in [-0.15, -0.1) is 0 Å². The van der Waals surface area contributed by atoms with E-state index in [0.717, 1.165) is 39.3 Å². The van der Waals surface area contributed by atoms with Crippen molar-refractivity contribution in [1.29, 1.82) is 0 Å². The largest absolute Gasteiger partial charge is 0.381 e. The number of hydrogen-bond acceptors (Lipinski definition) is 4. The molecule has 0 aromatic heterocycles. The molecule has 0 aromatic rings. The van der Waals surface area contributed by atoms with Gasteiger partial charge < -0.3 is 20.9 Å². The van der Waals surface area contributed by atoms with Crippen LogP contribution in [0.5, 0.6) is 0 Å². The van der Waals surface area contributed by atoms with E-state index in [-0.39, 0.29) is 5.41 Å². The molecule has 0 rings (SSSR count). The van der Waals surface area contributed by atoms with Crippen LogP contribution in [0.1, 0.15) is 26.7 Å². The van der Waals surface area contributed by atoms with Crippen molar-refractivity contribution in [2.45, 2.75) is 26.7 Å². The molecule has 0 aliphatic carbocycles. The van der Waals surface area contributed by atoms with Gasteiger partial charge in [-0.3, -0.25) is 0 Å². The van der Waals surface area contributed by atoms with Gasteiger partial charge in [-0.25, -0.2) is 0 Å². The van der Waals surface area contributed by atoms with Crippen LogP contribution in [0, 0.1) is 5.41 Å². The number of hydrogen-bond donors (Lipinski definition) is 2. The Bertz CT molecular complexity index is 127. The normalized spacial score (nSPS) is 12.0. The lowest BCUT2D eigenvalue weighted by Gasteiger charge is -2.24. The van der Waals surface area contributed by atoms with E-state index < -0.39 is 0 Å². The molecule has 0 amide bonds. The van der Waals surface area contributed by atoms with Crippen LogP contribution in [-0.2, 0) is 9.47 Å². The van der Waals surface area contributed by atoms with Gasteiger partial charge in [0.25, 0.3) is 0 Å². The van der Waals surface area contributed by atoms with E-state index in [1.54, 1.807) is 0 Å². The summed E-state index contributed by atoms with van der Waals surface area (Å²) in [5, 5.41) is 0. The zero-order chi connectivity index (χ0) is 11.6. The zero-order valence-corrected chi connectivity index (χ0v) is 10.1. The minimum absolute atomic E-state index is 0.0726. The maximum Gasteiger partial charge on any atom is 0.0539 e. The highest BCUT2D eigenvalue weighted by Crippen LogP contribution is 2.15. The Labute approximate surface area is 93.3 Å². The molecule has 15 heavy (non-hydrogen) atoms. The van der Waals surface area contributed by atoms with Gasteiger partial charge in [0.15, 0.2) is 0 Å². The van der Waals surface area contributed by atoms with E-state index >= 15 is 0 Å². The van der Waals surface area contributed by atoms with Crippen molar-refractivity contribution < 1.29 is 9.47 Å². The Kier molecular flexibility index (Phi) is 9.00. The van der Waals surface area contributed by atoms with Crippen molar-refractivity contribution in [3.63, 3.8) is 0 Å². The molecule has 0 atom stereocenters. The summed E-state index contributed by atoms with van der Waals surface area (Å²) in [5.41, 5.74) is 10.8. The van der Waals surface area contributed by atoms with Crippen molar-refractivity contribution in [2.75, 3.05) is 39.5 Å². The smallest absolute Gasteiger partial charge is 0.0539 e. The lowest BCUT2D eigenvalue weighted by atomic mass is 9.96. The summed E-state index contributed by atoms with van der Waals surface area (Å²) in [6.07, 6.45) is 1.84. The lowest BCUT2D eigenvalue weighted by Crippen LogP contribution is -2.26. The first-order valence-electron chi connectivity index (χ1n) is 5.68. The standard InChI is InChI=1S/C11H26N2O2/c1-11(2,9-14-7-3-5-12)10-15-8-4-6-13/h3-10,12-13H2,1-2H3. The molecule has 0 radical (unpaired) electrons. The summed E-state index contributed by atoms with van der Waals surface area (Å²) in [4.78, 5) is 0. The van der Waals surface area contributed by atoms with Crippen molar-refractivity contribution in [3.05, 3.63) is 0 Å². The highest BCUT2D eigenvalue weighted by Gasteiger charge is 2.18. The first-order valence-corrected chi connectivity index (χ1v) is 5.68. The first kappa shape index (κ1) is 14.8. The van der Waals surface area contributed by atoms with Gasteiger partial charge in [-0.1, -0.05) is 13.8 Å². The summed E-state index contributed by atoms with van der Waals surface area (Å²) >= 11 is 0. The third-order valence-corrected chi connectivity index (χ3v) is 1.97. The molecule has 0 bridgehead atoms. The Morgan fingerprint density at radius 3 is 1.60 bits per heavy atom. The van der Waals surface area contributed by atoms with Crippen LogP contribution in [0.15, 0.2) is 0 Å². The molecule has 0 fully saturated rings. The molecule has 0 saturated carbocycles. The number of ether oxygens (including phenoxy) is 2. The van der Waals surface area contributed by atoms with Gasteiger partial charge in [-0.05, 0) is 25.9 Å². The quantitative estimate of drug-likeness (QED) is 0.531. The molecular weight excluding hydrogens is 192 g/mol. The third-order valence-electron chi connectivity index (χ3n) is 1.97. The van der Waals surface area contributed by atoms with Crippen LogP contribution >= 0.6 is 0 Å². The molecule has 92 valence electrons. The van der Waals surface area contributed by atoms with Gasteiger partial charge in [-0.2, -0.15) is 0 Å². The maximum absolute atomic E-state index is 5.51. The minimum atomic E-state index is 0.0726. The predicted octanol–water partition coefficient (Wildman–Crippen LogP) is 0.743. The summed E-state index contributed by atoms with van der Waals surface area (Å²) in [6, 6.07) is 0. The van der Waals surface area contributed by atoms with Gasteiger partial charge in [0, 0.05) is 18.6 Å². The molecule has 0 aliphatic heterocycles. The summed E-state index contributed by atoms with van der Waals surface area (Å²) in [5.74, 6) is 0. The van der Waals surface area contributed by atoms with Crippen LogP contribution < -0.4 is 11.5 Å². The number of rotatable bonds is 10. The average molecular weight is 218 g/mol. The van der Waals surface area contributed by atoms with E-state index in [4.69, 9.17) is 20.9 Å². The van der Waals surface area contributed by atoms with Crippen molar-refractivity contribution in [3.8, 4) is 0 Å². The fourth-order valence-electron chi connectivity index (χ4n) is 1.11. The molecule has 0 aliphatic rings. The molecule has 0 heterocycles. The van der Waals surface area contributed by atoms with Crippen molar-refractivity contribution in [2.24, 2.45) is 16.9 Å². The Hall–Kier alpha value is -0.160. The van der Waals surface area contributed by atoms with Crippen LogP contribution in [0.4, 0.5) is 0 Å². The second-order valence-corrected chi connectivity index (χ2v) is 4.55. The van der Waals surface area contributed by atoms with Gasteiger partial charge >= 0.3 is 0 Å². The topological polar surface area (TPSA) is 70.5 Å².